The average molecular weight is 341 g/mol. The van der Waals surface area contributed by atoms with E-state index in [2.05, 4.69) is 4.98 Å². The van der Waals surface area contributed by atoms with Gasteiger partial charge in [-0.2, -0.15) is 0 Å². The highest BCUT2D eigenvalue weighted by atomic mass is 16.4. The lowest BCUT2D eigenvalue weighted by Gasteiger charge is -2.39. The Labute approximate surface area is 147 Å². The lowest BCUT2D eigenvalue weighted by molar-refractivity contribution is -0.154. The number of carboxylic acid groups (broad SMARTS) is 1. The molecule has 1 amide bonds. The zero-order valence-corrected chi connectivity index (χ0v) is 14.4. The molecule has 132 valence electrons. The minimum atomic E-state index is -0.789. The van der Waals surface area contributed by atoms with Gasteiger partial charge in [-0.15, -0.1) is 0 Å². The summed E-state index contributed by atoms with van der Waals surface area (Å²) in [6.07, 6.45) is 5.23. The number of hydrogen-bond donors (Lipinski definition) is 1. The quantitative estimate of drug-likeness (QED) is 0.901. The molecule has 1 aromatic carbocycles. The Morgan fingerprint density at radius 3 is 2.44 bits per heavy atom. The topological polar surface area (TPSA) is 75.4 Å². The van der Waals surface area contributed by atoms with Gasteiger partial charge in [0.15, 0.2) is 0 Å². The zero-order chi connectivity index (χ0) is 17.9. The Hall–Kier alpha value is -2.63. The van der Waals surface area contributed by atoms with Crippen molar-refractivity contribution in [2.75, 3.05) is 13.1 Å². The molecular weight excluding hydrogens is 318 g/mol. The molecule has 1 aromatic heterocycles. The molecule has 0 spiro atoms. The molecule has 0 atom stereocenters. The molecule has 1 saturated heterocycles. The molecule has 6 nitrogen and oxygen atoms in total. The number of benzene rings is 1. The van der Waals surface area contributed by atoms with Crippen molar-refractivity contribution in [2.24, 2.45) is 12.5 Å². The number of amides is 1. The number of carboxylic acids is 1. The van der Waals surface area contributed by atoms with Crippen LogP contribution in [0.15, 0.2) is 42.9 Å². The number of hydrogen-bond acceptors (Lipinski definition) is 3. The number of imidazole rings is 1. The van der Waals surface area contributed by atoms with E-state index >= 15 is 0 Å². The summed E-state index contributed by atoms with van der Waals surface area (Å²) in [6, 6.07) is 9.70. The van der Waals surface area contributed by atoms with Crippen molar-refractivity contribution in [2.45, 2.75) is 25.7 Å². The van der Waals surface area contributed by atoms with E-state index < -0.39 is 11.4 Å². The molecule has 0 unspecified atom stereocenters. The van der Waals surface area contributed by atoms with Crippen LogP contribution in [0, 0.1) is 5.41 Å². The second-order valence-electron chi connectivity index (χ2n) is 6.84. The monoisotopic (exact) mass is 341 g/mol. The van der Waals surface area contributed by atoms with Crippen molar-refractivity contribution < 1.29 is 14.7 Å². The van der Waals surface area contributed by atoms with E-state index in [0.717, 1.165) is 11.3 Å². The molecule has 0 bridgehead atoms. The van der Waals surface area contributed by atoms with Crippen LogP contribution in [-0.2, 0) is 29.5 Å². The van der Waals surface area contributed by atoms with E-state index in [1.807, 2.05) is 48.1 Å². The van der Waals surface area contributed by atoms with E-state index in [9.17, 15) is 14.7 Å². The van der Waals surface area contributed by atoms with Gasteiger partial charge in [0.05, 0.1) is 23.9 Å². The number of rotatable bonds is 5. The summed E-state index contributed by atoms with van der Waals surface area (Å²) in [5, 5.41) is 9.80. The predicted molar refractivity (Wildman–Crippen MR) is 92.9 cm³/mol. The molecule has 3 rings (SSSR count). The Morgan fingerprint density at radius 2 is 1.88 bits per heavy atom. The number of aliphatic carboxylic acids is 1. The van der Waals surface area contributed by atoms with Crippen molar-refractivity contribution in [3.63, 3.8) is 0 Å². The number of aromatic nitrogens is 2. The molecule has 0 saturated carbocycles. The molecule has 1 aliphatic rings. The van der Waals surface area contributed by atoms with Crippen molar-refractivity contribution in [3.8, 4) is 0 Å². The van der Waals surface area contributed by atoms with Crippen LogP contribution >= 0.6 is 0 Å². The van der Waals surface area contributed by atoms with E-state index in [4.69, 9.17) is 0 Å². The fourth-order valence-corrected chi connectivity index (χ4v) is 3.46. The maximum atomic E-state index is 12.4. The Kier molecular flexibility index (Phi) is 4.88. The third-order valence-corrected chi connectivity index (χ3v) is 5.00. The SMILES string of the molecule is Cn1cnc(CC(=O)N2CCC(Cc3ccccc3)(C(=O)O)CC2)c1. The summed E-state index contributed by atoms with van der Waals surface area (Å²) < 4.78 is 1.81. The third kappa shape index (κ3) is 3.90. The van der Waals surface area contributed by atoms with Crippen LogP contribution in [0.3, 0.4) is 0 Å². The van der Waals surface area contributed by atoms with E-state index in [1.165, 1.54) is 0 Å². The molecule has 0 radical (unpaired) electrons. The molecule has 1 aliphatic heterocycles. The molecule has 6 heteroatoms. The van der Waals surface area contributed by atoms with E-state index in [-0.39, 0.29) is 12.3 Å². The average Bonchev–Trinajstić information content (AvgIpc) is 3.01. The van der Waals surface area contributed by atoms with Crippen LogP contribution in [0.4, 0.5) is 0 Å². The van der Waals surface area contributed by atoms with Crippen LogP contribution in [0.5, 0.6) is 0 Å². The Balaban J connectivity index is 1.63. The van der Waals surface area contributed by atoms with Gasteiger partial charge in [-0.3, -0.25) is 9.59 Å². The first-order valence-electron chi connectivity index (χ1n) is 8.50. The van der Waals surface area contributed by atoms with Gasteiger partial charge in [0, 0.05) is 26.3 Å². The predicted octanol–water partition coefficient (Wildman–Crippen LogP) is 1.90. The molecule has 25 heavy (non-hydrogen) atoms. The fraction of sp³-hybridized carbons (Fsp3) is 0.421. The summed E-state index contributed by atoms with van der Waals surface area (Å²) >= 11 is 0. The maximum Gasteiger partial charge on any atom is 0.310 e. The highest BCUT2D eigenvalue weighted by molar-refractivity contribution is 5.79. The van der Waals surface area contributed by atoms with Crippen LogP contribution < -0.4 is 0 Å². The van der Waals surface area contributed by atoms with Gasteiger partial charge in [-0.05, 0) is 24.8 Å². The molecule has 1 N–H and O–H groups in total. The highest BCUT2D eigenvalue weighted by Crippen LogP contribution is 2.35. The van der Waals surface area contributed by atoms with Gasteiger partial charge < -0.3 is 14.6 Å². The number of piperidine rings is 1. The van der Waals surface area contributed by atoms with Crippen LogP contribution in [-0.4, -0.2) is 44.5 Å². The molecule has 2 aromatic rings. The normalized spacial score (nSPS) is 16.6. The minimum absolute atomic E-state index is 0.0115. The van der Waals surface area contributed by atoms with E-state index in [0.29, 0.717) is 32.4 Å². The molecular formula is C19H23N3O3. The lowest BCUT2D eigenvalue weighted by atomic mass is 9.74. The second kappa shape index (κ2) is 7.09. The van der Waals surface area contributed by atoms with Gasteiger partial charge in [-0.25, -0.2) is 4.98 Å². The molecule has 0 aliphatic carbocycles. The molecule has 1 fully saturated rings. The number of carbonyl (C=O) groups is 2. The van der Waals surface area contributed by atoms with Crippen LogP contribution in [0.2, 0.25) is 0 Å². The highest BCUT2D eigenvalue weighted by Gasteiger charge is 2.42. The third-order valence-electron chi connectivity index (χ3n) is 5.00. The first-order chi connectivity index (χ1) is 12.0. The maximum absolute atomic E-state index is 12.4. The van der Waals surface area contributed by atoms with Gasteiger partial charge >= 0.3 is 5.97 Å². The number of carbonyl (C=O) groups excluding carboxylic acids is 1. The summed E-state index contributed by atoms with van der Waals surface area (Å²) in [6.45, 7) is 0.954. The van der Waals surface area contributed by atoms with Crippen molar-refractivity contribution >= 4 is 11.9 Å². The largest absolute Gasteiger partial charge is 0.481 e. The Bertz CT molecular complexity index is 746. The first kappa shape index (κ1) is 17.2. The van der Waals surface area contributed by atoms with Gasteiger partial charge in [0.2, 0.25) is 5.91 Å². The van der Waals surface area contributed by atoms with Gasteiger partial charge in [0.25, 0.3) is 0 Å². The number of likely N-dealkylation sites (tertiary alicyclic amines) is 1. The number of nitrogens with zero attached hydrogens (tertiary/aromatic N) is 3. The first-order valence-corrected chi connectivity index (χ1v) is 8.50. The Morgan fingerprint density at radius 1 is 1.20 bits per heavy atom. The number of aryl methyl sites for hydroxylation is 1. The van der Waals surface area contributed by atoms with Crippen LogP contribution in [0.1, 0.15) is 24.1 Å². The second-order valence-corrected chi connectivity index (χ2v) is 6.84. The van der Waals surface area contributed by atoms with Crippen molar-refractivity contribution in [3.05, 3.63) is 54.1 Å². The fourth-order valence-electron chi connectivity index (χ4n) is 3.46. The molecule has 2 heterocycles. The summed E-state index contributed by atoms with van der Waals surface area (Å²) in [5.74, 6) is -0.759. The van der Waals surface area contributed by atoms with Crippen molar-refractivity contribution in [1.82, 2.24) is 14.5 Å². The van der Waals surface area contributed by atoms with Gasteiger partial charge in [-0.1, -0.05) is 30.3 Å². The summed E-state index contributed by atoms with van der Waals surface area (Å²) in [7, 11) is 1.87. The van der Waals surface area contributed by atoms with Crippen molar-refractivity contribution in [1.29, 1.82) is 0 Å². The lowest BCUT2D eigenvalue weighted by Crippen LogP contribution is -2.48. The standard InChI is InChI=1S/C19H23N3O3/c1-21-13-16(20-14-21)11-17(23)22-9-7-19(8-10-22,18(24)25)12-15-5-3-2-4-6-15/h2-6,13-14H,7-12H2,1H3,(H,24,25). The van der Waals surface area contributed by atoms with Crippen LogP contribution in [0.25, 0.3) is 0 Å². The van der Waals surface area contributed by atoms with E-state index in [1.54, 1.807) is 11.2 Å². The minimum Gasteiger partial charge on any atom is -0.481 e. The van der Waals surface area contributed by atoms with Gasteiger partial charge in [0.1, 0.15) is 0 Å². The smallest absolute Gasteiger partial charge is 0.310 e. The summed E-state index contributed by atoms with van der Waals surface area (Å²) in [4.78, 5) is 30.3. The zero-order valence-electron chi connectivity index (χ0n) is 14.4. The summed E-state index contributed by atoms with van der Waals surface area (Å²) in [5.41, 5.74) is 0.980.